The SMILES string of the molecule is Cc1ccc(C(=O)N2CCN(S(=O)(=O)c3cccc(Cl)c3)CC2)s1. The third kappa shape index (κ3) is 3.49. The van der Waals surface area contributed by atoms with Crippen molar-refractivity contribution in [1.29, 1.82) is 0 Å². The van der Waals surface area contributed by atoms with Gasteiger partial charge >= 0.3 is 0 Å². The molecule has 1 aliphatic heterocycles. The van der Waals surface area contributed by atoms with Crippen molar-refractivity contribution in [2.75, 3.05) is 26.2 Å². The lowest BCUT2D eigenvalue weighted by atomic mass is 10.3. The van der Waals surface area contributed by atoms with E-state index in [0.29, 0.717) is 23.0 Å². The summed E-state index contributed by atoms with van der Waals surface area (Å²) in [6.07, 6.45) is 0. The van der Waals surface area contributed by atoms with E-state index < -0.39 is 10.0 Å². The van der Waals surface area contributed by atoms with Crippen molar-refractivity contribution in [3.8, 4) is 0 Å². The van der Waals surface area contributed by atoms with Crippen molar-refractivity contribution < 1.29 is 13.2 Å². The molecule has 2 heterocycles. The van der Waals surface area contributed by atoms with E-state index in [0.717, 1.165) is 4.88 Å². The number of nitrogens with zero attached hydrogens (tertiary/aromatic N) is 2. The summed E-state index contributed by atoms with van der Waals surface area (Å²) in [5, 5.41) is 0.387. The van der Waals surface area contributed by atoms with Gasteiger partial charge in [-0.2, -0.15) is 4.31 Å². The van der Waals surface area contributed by atoms with Crippen LogP contribution in [0.5, 0.6) is 0 Å². The maximum atomic E-state index is 12.7. The third-order valence-corrected chi connectivity index (χ3v) is 7.03. The van der Waals surface area contributed by atoms with E-state index in [1.54, 1.807) is 17.0 Å². The molecule has 5 nitrogen and oxygen atoms in total. The first-order chi connectivity index (χ1) is 11.4. The quantitative estimate of drug-likeness (QED) is 0.817. The average Bonchev–Trinajstić information content (AvgIpc) is 3.01. The minimum absolute atomic E-state index is 0.0343. The maximum absolute atomic E-state index is 12.7. The molecule has 1 aliphatic rings. The summed E-state index contributed by atoms with van der Waals surface area (Å²) in [5.74, 6) is -0.0343. The third-order valence-electron chi connectivity index (χ3n) is 3.91. The maximum Gasteiger partial charge on any atom is 0.264 e. The molecular weight excluding hydrogens is 368 g/mol. The average molecular weight is 385 g/mol. The highest BCUT2D eigenvalue weighted by molar-refractivity contribution is 7.89. The van der Waals surface area contributed by atoms with Crippen LogP contribution in [0.25, 0.3) is 0 Å². The van der Waals surface area contributed by atoms with Crippen LogP contribution in [0.2, 0.25) is 5.02 Å². The number of hydrogen-bond acceptors (Lipinski definition) is 4. The van der Waals surface area contributed by atoms with Crippen LogP contribution < -0.4 is 0 Å². The number of aryl methyl sites for hydroxylation is 1. The molecule has 8 heteroatoms. The number of halogens is 1. The highest BCUT2D eigenvalue weighted by Crippen LogP contribution is 2.22. The van der Waals surface area contributed by atoms with E-state index >= 15 is 0 Å². The number of amides is 1. The van der Waals surface area contributed by atoms with Crippen molar-refractivity contribution in [3.63, 3.8) is 0 Å². The molecule has 1 aromatic heterocycles. The summed E-state index contributed by atoms with van der Waals surface area (Å²) in [4.78, 5) is 16.1. The van der Waals surface area contributed by atoms with Crippen molar-refractivity contribution >= 4 is 38.9 Å². The van der Waals surface area contributed by atoms with Crippen molar-refractivity contribution in [2.24, 2.45) is 0 Å². The predicted octanol–water partition coefficient (Wildman–Crippen LogP) is 2.86. The van der Waals surface area contributed by atoms with Crippen LogP contribution in [0.4, 0.5) is 0 Å². The predicted molar refractivity (Wildman–Crippen MR) is 95.2 cm³/mol. The van der Waals surface area contributed by atoms with E-state index in [4.69, 9.17) is 11.6 Å². The smallest absolute Gasteiger partial charge is 0.264 e. The molecule has 1 fully saturated rings. The normalized spacial score (nSPS) is 16.3. The minimum atomic E-state index is -3.58. The molecule has 0 unspecified atom stereocenters. The van der Waals surface area contributed by atoms with Gasteiger partial charge in [0.1, 0.15) is 0 Å². The van der Waals surface area contributed by atoms with Crippen LogP contribution in [0.3, 0.4) is 0 Å². The van der Waals surface area contributed by atoms with Crippen molar-refractivity contribution in [2.45, 2.75) is 11.8 Å². The molecule has 0 bridgehead atoms. The number of carbonyl (C=O) groups is 1. The number of hydrogen-bond donors (Lipinski definition) is 0. The molecule has 0 aliphatic carbocycles. The lowest BCUT2D eigenvalue weighted by Crippen LogP contribution is -2.50. The highest BCUT2D eigenvalue weighted by atomic mass is 35.5. The van der Waals surface area contributed by atoms with Gasteiger partial charge in [-0.05, 0) is 37.3 Å². The summed E-state index contributed by atoms with van der Waals surface area (Å²) in [5.41, 5.74) is 0. The molecule has 128 valence electrons. The van der Waals surface area contributed by atoms with Gasteiger partial charge in [-0.3, -0.25) is 4.79 Å². The number of piperazine rings is 1. The van der Waals surface area contributed by atoms with E-state index in [1.807, 2.05) is 19.1 Å². The van der Waals surface area contributed by atoms with Crippen LogP contribution >= 0.6 is 22.9 Å². The zero-order valence-electron chi connectivity index (χ0n) is 13.1. The summed E-state index contributed by atoms with van der Waals surface area (Å²) in [7, 11) is -3.58. The molecular formula is C16H17ClN2O3S2. The van der Waals surface area contributed by atoms with Crippen LogP contribution in [0.15, 0.2) is 41.3 Å². The van der Waals surface area contributed by atoms with Crippen LogP contribution in [0.1, 0.15) is 14.5 Å². The first-order valence-electron chi connectivity index (χ1n) is 7.49. The minimum Gasteiger partial charge on any atom is -0.335 e. The number of benzene rings is 1. The lowest BCUT2D eigenvalue weighted by molar-refractivity contribution is 0.0703. The topological polar surface area (TPSA) is 57.7 Å². The van der Waals surface area contributed by atoms with Gasteiger partial charge in [0.05, 0.1) is 9.77 Å². The molecule has 0 N–H and O–H groups in total. The second-order valence-corrected chi connectivity index (χ2v) is 9.23. The van der Waals surface area contributed by atoms with Gasteiger partial charge in [0.15, 0.2) is 0 Å². The van der Waals surface area contributed by atoms with Gasteiger partial charge in [-0.15, -0.1) is 11.3 Å². The fourth-order valence-electron chi connectivity index (χ4n) is 2.61. The Morgan fingerprint density at radius 3 is 2.42 bits per heavy atom. The van der Waals surface area contributed by atoms with Gasteiger partial charge in [0.2, 0.25) is 10.0 Å². The number of rotatable bonds is 3. The zero-order chi connectivity index (χ0) is 17.3. The van der Waals surface area contributed by atoms with Gasteiger partial charge in [0.25, 0.3) is 5.91 Å². The molecule has 3 rings (SSSR count). The van der Waals surface area contributed by atoms with E-state index in [1.165, 1.54) is 27.8 Å². The second kappa shape index (κ2) is 6.84. The largest absolute Gasteiger partial charge is 0.335 e. The highest BCUT2D eigenvalue weighted by Gasteiger charge is 2.30. The summed E-state index contributed by atoms with van der Waals surface area (Å²) in [6.45, 7) is 3.29. The Morgan fingerprint density at radius 1 is 1.12 bits per heavy atom. The Hall–Kier alpha value is -1.41. The fourth-order valence-corrected chi connectivity index (χ4v) is 5.17. The summed E-state index contributed by atoms with van der Waals surface area (Å²) in [6, 6.07) is 9.97. The zero-order valence-corrected chi connectivity index (χ0v) is 15.5. The Bertz CT molecular complexity index is 856. The Labute approximate surface area is 150 Å². The van der Waals surface area contributed by atoms with E-state index in [9.17, 15) is 13.2 Å². The lowest BCUT2D eigenvalue weighted by Gasteiger charge is -2.33. The van der Waals surface area contributed by atoms with Crippen LogP contribution in [0, 0.1) is 6.92 Å². The van der Waals surface area contributed by atoms with E-state index in [2.05, 4.69) is 0 Å². The molecule has 0 saturated carbocycles. The number of sulfonamides is 1. The fraction of sp³-hybridized carbons (Fsp3) is 0.312. The summed E-state index contributed by atoms with van der Waals surface area (Å²) >= 11 is 7.35. The number of thiophene rings is 1. The molecule has 1 aromatic carbocycles. The molecule has 2 aromatic rings. The van der Waals surface area contributed by atoms with Gasteiger partial charge in [-0.1, -0.05) is 17.7 Å². The Balaban J connectivity index is 1.69. The molecule has 0 radical (unpaired) electrons. The standard InChI is InChI=1S/C16H17ClN2O3S2/c1-12-5-6-15(23-12)16(20)18-7-9-19(10-8-18)24(21,22)14-4-2-3-13(17)11-14/h2-6,11H,7-10H2,1H3. The molecule has 1 amide bonds. The van der Waals surface area contributed by atoms with Gasteiger partial charge in [0, 0.05) is 36.1 Å². The Kier molecular flexibility index (Phi) is 4.96. The van der Waals surface area contributed by atoms with Gasteiger partial charge in [-0.25, -0.2) is 8.42 Å². The van der Waals surface area contributed by atoms with Crippen molar-refractivity contribution in [3.05, 3.63) is 51.2 Å². The Morgan fingerprint density at radius 2 is 1.83 bits per heavy atom. The van der Waals surface area contributed by atoms with Crippen LogP contribution in [-0.2, 0) is 10.0 Å². The van der Waals surface area contributed by atoms with Crippen LogP contribution in [-0.4, -0.2) is 49.7 Å². The molecule has 24 heavy (non-hydrogen) atoms. The summed E-state index contributed by atoms with van der Waals surface area (Å²) < 4.78 is 26.7. The monoisotopic (exact) mass is 384 g/mol. The first kappa shape index (κ1) is 17.4. The number of carbonyl (C=O) groups excluding carboxylic acids is 1. The second-order valence-electron chi connectivity index (χ2n) is 5.56. The van der Waals surface area contributed by atoms with E-state index in [-0.39, 0.29) is 23.9 Å². The molecule has 0 atom stereocenters. The molecule has 0 spiro atoms. The van der Waals surface area contributed by atoms with Gasteiger partial charge < -0.3 is 4.90 Å². The van der Waals surface area contributed by atoms with Crippen molar-refractivity contribution in [1.82, 2.24) is 9.21 Å². The first-order valence-corrected chi connectivity index (χ1v) is 10.1. The molecule has 1 saturated heterocycles.